The molecule has 0 fully saturated rings. The minimum absolute atomic E-state index is 0.0860. The van der Waals surface area contributed by atoms with Crippen molar-refractivity contribution in [1.29, 1.82) is 0 Å². The van der Waals surface area contributed by atoms with E-state index in [1.165, 1.54) is 57.3 Å². The van der Waals surface area contributed by atoms with Crippen molar-refractivity contribution in [3.05, 3.63) is 41.2 Å². The molecule has 0 aliphatic carbocycles. The van der Waals surface area contributed by atoms with Gasteiger partial charge in [0.05, 0.1) is 49.3 Å². The smallest absolute Gasteiger partial charge is 0.325 e. The molecule has 3 rings (SSSR count). The average molecular weight is 509 g/mol. The number of nitrogens with zero attached hydrogens (tertiary/aromatic N) is 2. The van der Waals surface area contributed by atoms with Gasteiger partial charge < -0.3 is 23.5 Å². The third-order valence-electron chi connectivity index (χ3n) is 4.93. The van der Waals surface area contributed by atoms with Gasteiger partial charge in [-0.05, 0) is 24.3 Å². The molecule has 0 aliphatic rings. The van der Waals surface area contributed by atoms with E-state index in [2.05, 4.69) is 4.99 Å². The Kier molecular flexibility index (Phi) is 7.94. The number of sulfone groups is 1. The van der Waals surface area contributed by atoms with Gasteiger partial charge in [-0.2, -0.15) is 4.99 Å². The topological polar surface area (TPSA) is 122 Å². The fourth-order valence-electron chi connectivity index (χ4n) is 3.11. The van der Waals surface area contributed by atoms with Crippen molar-refractivity contribution in [2.45, 2.75) is 17.9 Å². The molecule has 10 nitrogen and oxygen atoms in total. The van der Waals surface area contributed by atoms with Crippen LogP contribution >= 0.6 is 11.3 Å². The van der Waals surface area contributed by atoms with E-state index in [0.717, 1.165) is 11.3 Å². The van der Waals surface area contributed by atoms with E-state index in [-0.39, 0.29) is 22.7 Å². The number of aromatic nitrogens is 1. The van der Waals surface area contributed by atoms with Crippen LogP contribution in [-0.4, -0.2) is 59.1 Å². The Morgan fingerprint density at radius 2 is 1.62 bits per heavy atom. The van der Waals surface area contributed by atoms with E-state index in [1.54, 1.807) is 12.1 Å². The lowest BCUT2D eigenvalue weighted by atomic mass is 10.3. The first-order chi connectivity index (χ1) is 16.2. The molecule has 0 bridgehead atoms. The van der Waals surface area contributed by atoms with Gasteiger partial charge in [0.15, 0.2) is 26.1 Å². The summed E-state index contributed by atoms with van der Waals surface area (Å²) in [5, 5.41) is 0. The molecular formula is C22H24N2O8S2. The number of amides is 1. The number of fused-ring (bicyclic) bond motifs is 1. The number of benzene rings is 2. The standard InChI is InChI=1S/C22H24N2O8S2/c1-29-14-5-7-15(8-6-14)34(27,28)10-9-20(25)23-22-24(13-21(26)32-4)16-11-17(30-2)18(31-3)12-19(16)33-22/h5-8,11-12H,9-10,13H2,1-4H3. The number of rotatable bonds is 9. The lowest BCUT2D eigenvalue weighted by molar-refractivity contribution is -0.141. The molecule has 1 heterocycles. The minimum Gasteiger partial charge on any atom is -0.497 e. The summed E-state index contributed by atoms with van der Waals surface area (Å²) < 4.78 is 47.9. The SMILES string of the molecule is COC(=O)Cn1c(=NC(=O)CCS(=O)(=O)c2ccc(OC)cc2)sc2cc(OC)c(OC)cc21. The highest BCUT2D eigenvalue weighted by atomic mass is 32.2. The van der Waals surface area contributed by atoms with Gasteiger partial charge in [-0.15, -0.1) is 0 Å². The maximum Gasteiger partial charge on any atom is 0.325 e. The van der Waals surface area contributed by atoms with E-state index in [1.807, 2.05) is 0 Å². The zero-order valence-electron chi connectivity index (χ0n) is 19.1. The first-order valence-electron chi connectivity index (χ1n) is 9.99. The molecule has 2 aromatic carbocycles. The van der Waals surface area contributed by atoms with Crippen molar-refractivity contribution in [2.24, 2.45) is 4.99 Å². The second kappa shape index (κ2) is 10.7. The van der Waals surface area contributed by atoms with Crippen LogP contribution in [0.2, 0.25) is 0 Å². The van der Waals surface area contributed by atoms with Crippen LogP contribution in [0.1, 0.15) is 6.42 Å². The first-order valence-corrected chi connectivity index (χ1v) is 12.5. The van der Waals surface area contributed by atoms with Crippen molar-refractivity contribution < 1.29 is 37.0 Å². The van der Waals surface area contributed by atoms with E-state index in [0.29, 0.717) is 27.5 Å². The molecule has 3 aromatic rings. The molecule has 1 amide bonds. The largest absolute Gasteiger partial charge is 0.497 e. The quantitative estimate of drug-likeness (QED) is 0.403. The fraction of sp³-hybridized carbons (Fsp3) is 0.318. The van der Waals surface area contributed by atoms with E-state index in [9.17, 15) is 18.0 Å². The summed E-state index contributed by atoms with van der Waals surface area (Å²) in [6, 6.07) is 9.30. The van der Waals surface area contributed by atoms with E-state index in [4.69, 9.17) is 18.9 Å². The molecule has 0 spiro atoms. The van der Waals surface area contributed by atoms with Crippen LogP contribution < -0.4 is 19.0 Å². The predicted octanol–water partition coefficient (Wildman–Crippen LogP) is 2.19. The Morgan fingerprint density at radius 1 is 0.971 bits per heavy atom. The third-order valence-corrected chi connectivity index (χ3v) is 7.70. The highest BCUT2D eigenvalue weighted by Gasteiger charge is 2.18. The molecule has 0 unspecified atom stereocenters. The van der Waals surface area contributed by atoms with Crippen LogP contribution in [0, 0.1) is 0 Å². The second-order valence-corrected chi connectivity index (χ2v) is 10.1. The van der Waals surface area contributed by atoms with Gasteiger partial charge in [-0.3, -0.25) is 9.59 Å². The van der Waals surface area contributed by atoms with Gasteiger partial charge in [0.2, 0.25) is 5.91 Å². The number of hydrogen-bond donors (Lipinski definition) is 0. The molecule has 182 valence electrons. The normalized spacial score (nSPS) is 11.9. The number of hydrogen-bond acceptors (Lipinski definition) is 9. The van der Waals surface area contributed by atoms with Crippen LogP contribution in [0.4, 0.5) is 0 Å². The van der Waals surface area contributed by atoms with Crippen LogP contribution in [-0.2, 0) is 30.7 Å². The Labute approximate surface area is 200 Å². The van der Waals surface area contributed by atoms with Crippen LogP contribution in [0.3, 0.4) is 0 Å². The summed E-state index contributed by atoms with van der Waals surface area (Å²) in [6.07, 6.45) is -0.326. The van der Waals surface area contributed by atoms with Gasteiger partial charge in [-0.1, -0.05) is 11.3 Å². The Balaban J connectivity index is 1.93. The number of thiazole rings is 1. The number of methoxy groups -OCH3 is 4. The van der Waals surface area contributed by atoms with Gasteiger partial charge in [0, 0.05) is 18.6 Å². The Morgan fingerprint density at radius 3 is 2.21 bits per heavy atom. The minimum atomic E-state index is -3.70. The van der Waals surface area contributed by atoms with Crippen molar-refractivity contribution in [3.63, 3.8) is 0 Å². The molecule has 0 N–H and O–H groups in total. The maximum absolute atomic E-state index is 12.6. The van der Waals surface area contributed by atoms with Crippen LogP contribution in [0.15, 0.2) is 46.3 Å². The van der Waals surface area contributed by atoms with Gasteiger partial charge in [0.1, 0.15) is 12.3 Å². The molecule has 0 saturated carbocycles. The maximum atomic E-state index is 12.6. The molecule has 0 saturated heterocycles. The Bertz CT molecular complexity index is 1370. The zero-order chi connectivity index (χ0) is 24.9. The van der Waals surface area contributed by atoms with Crippen LogP contribution in [0.25, 0.3) is 10.2 Å². The fourth-order valence-corrected chi connectivity index (χ4v) is 5.40. The lowest BCUT2D eigenvalue weighted by Gasteiger charge is -2.09. The first kappa shape index (κ1) is 25.2. The number of carbonyl (C=O) groups is 2. The van der Waals surface area contributed by atoms with E-state index >= 15 is 0 Å². The molecule has 0 aliphatic heterocycles. The van der Waals surface area contributed by atoms with Crippen molar-refractivity contribution in [1.82, 2.24) is 4.57 Å². The molecule has 1 aromatic heterocycles. The highest BCUT2D eigenvalue weighted by Crippen LogP contribution is 2.33. The molecule has 12 heteroatoms. The van der Waals surface area contributed by atoms with Crippen LogP contribution in [0.5, 0.6) is 17.2 Å². The monoisotopic (exact) mass is 508 g/mol. The number of ether oxygens (including phenoxy) is 4. The summed E-state index contributed by atoms with van der Waals surface area (Å²) in [7, 11) is 2.03. The Hall–Kier alpha value is -3.38. The molecule has 34 heavy (non-hydrogen) atoms. The predicted molar refractivity (Wildman–Crippen MR) is 125 cm³/mol. The molecular weight excluding hydrogens is 484 g/mol. The van der Waals surface area contributed by atoms with E-state index < -0.39 is 27.5 Å². The average Bonchev–Trinajstić information content (AvgIpc) is 3.17. The summed E-state index contributed by atoms with van der Waals surface area (Å²) in [5.41, 5.74) is 0.588. The molecule has 0 radical (unpaired) electrons. The summed E-state index contributed by atoms with van der Waals surface area (Å²) in [5.74, 6) is -0.143. The number of carbonyl (C=O) groups excluding carboxylic acids is 2. The summed E-state index contributed by atoms with van der Waals surface area (Å²) >= 11 is 1.16. The van der Waals surface area contributed by atoms with Crippen molar-refractivity contribution in [2.75, 3.05) is 34.2 Å². The summed E-state index contributed by atoms with van der Waals surface area (Å²) in [4.78, 5) is 29.0. The molecule has 0 atom stereocenters. The second-order valence-electron chi connectivity index (χ2n) is 6.97. The number of esters is 1. The third kappa shape index (κ3) is 5.57. The summed E-state index contributed by atoms with van der Waals surface area (Å²) in [6.45, 7) is -0.192. The van der Waals surface area contributed by atoms with Gasteiger partial charge in [0.25, 0.3) is 0 Å². The van der Waals surface area contributed by atoms with Crippen molar-refractivity contribution >= 4 is 43.3 Å². The highest BCUT2D eigenvalue weighted by molar-refractivity contribution is 7.91. The van der Waals surface area contributed by atoms with Gasteiger partial charge >= 0.3 is 5.97 Å². The van der Waals surface area contributed by atoms with Crippen molar-refractivity contribution in [3.8, 4) is 17.2 Å². The lowest BCUT2D eigenvalue weighted by Crippen LogP contribution is -2.23. The zero-order valence-corrected chi connectivity index (χ0v) is 20.7. The van der Waals surface area contributed by atoms with Gasteiger partial charge in [-0.25, -0.2) is 8.42 Å².